The topological polar surface area (TPSA) is 32.7 Å². The van der Waals surface area contributed by atoms with E-state index >= 15 is 0 Å². The molecule has 26 heavy (non-hydrogen) atoms. The Morgan fingerprint density at radius 3 is 2.19 bits per heavy atom. The lowest BCUT2D eigenvalue weighted by Crippen LogP contribution is -2.29. The van der Waals surface area contributed by atoms with E-state index in [-0.39, 0.29) is 5.92 Å². The lowest BCUT2D eigenvalue weighted by atomic mass is 9.88. The maximum absolute atomic E-state index is 11.1. The number of benzene rings is 2. The molecule has 2 atom stereocenters. The van der Waals surface area contributed by atoms with Crippen LogP contribution in [-0.4, -0.2) is 36.2 Å². The number of hydrogen-bond donors (Lipinski definition) is 1. The molecule has 3 heteroatoms. The van der Waals surface area contributed by atoms with Crippen LogP contribution in [0, 0.1) is 5.92 Å². The van der Waals surface area contributed by atoms with Crippen molar-refractivity contribution in [3.05, 3.63) is 65.7 Å². The molecule has 1 heterocycles. The summed E-state index contributed by atoms with van der Waals surface area (Å²) < 4.78 is 5.77. The smallest absolute Gasteiger partial charge is 0.119 e. The van der Waals surface area contributed by atoms with Gasteiger partial charge in [-0.1, -0.05) is 56.3 Å². The number of aliphatic hydroxyl groups excluding tert-OH is 1. The summed E-state index contributed by atoms with van der Waals surface area (Å²) in [7, 11) is 0. The fraction of sp³-hybridized carbons (Fsp3) is 0.478. The predicted octanol–water partition coefficient (Wildman–Crippen LogP) is 4.63. The molecule has 3 rings (SSSR count). The van der Waals surface area contributed by atoms with Crippen molar-refractivity contribution in [1.29, 1.82) is 0 Å². The Hall–Kier alpha value is -1.84. The highest BCUT2D eigenvalue weighted by atomic mass is 16.5. The quantitative estimate of drug-likeness (QED) is 0.751. The second-order valence-corrected chi connectivity index (χ2v) is 7.74. The molecule has 0 aromatic heterocycles. The Kier molecular flexibility index (Phi) is 6.70. The maximum atomic E-state index is 11.1. The monoisotopic (exact) mass is 353 g/mol. The molecule has 3 nitrogen and oxygen atoms in total. The molecule has 1 aliphatic heterocycles. The Balaban J connectivity index is 1.74. The van der Waals surface area contributed by atoms with Crippen molar-refractivity contribution in [2.75, 3.05) is 26.2 Å². The lowest BCUT2D eigenvalue weighted by molar-refractivity contribution is 0.123. The van der Waals surface area contributed by atoms with Crippen molar-refractivity contribution in [1.82, 2.24) is 4.90 Å². The van der Waals surface area contributed by atoms with Crippen LogP contribution in [0.2, 0.25) is 0 Å². The van der Waals surface area contributed by atoms with Gasteiger partial charge in [-0.15, -0.1) is 0 Å². The fourth-order valence-corrected chi connectivity index (χ4v) is 3.59. The van der Waals surface area contributed by atoms with Gasteiger partial charge in [-0.3, -0.25) is 0 Å². The average Bonchev–Trinajstić information content (AvgIpc) is 3.18. The van der Waals surface area contributed by atoms with E-state index in [1.807, 2.05) is 30.3 Å². The van der Waals surface area contributed by atoms with Gasteiger partial charge in [0.2, 0.25) is 0 Å². The molecular weight excluding hydrogens is 322 g/mol. The van der Waals surface area contributed by atoms with Gasteiger partial charge in [0.05, 0.1) is 12.7 Å². The minimum absolute atomic E-state index is 0.0803. The maximum Gasteiger partial charge on any atom is 0.119 e. The Bertz CT molecular complexity index is 648. The molecule has 0 bridgehead atoms. The largest absolute Gasteiger partial charge is 0.493 e. The average molecular weight is 354 g/mol. The zero-order valence-corrected chi connectivity index (χ0v) is 16.0. The highest BCUT2D eigenvalue weighted by Gasteiger charge is 2.26. The van der Waals surface area contributed by atoms with Gasteiger partial charge in [-0.05, 0) is 55.1 Å². The van der Waals surface area contributed by atoms with E-state index in [4.69, 9.17) is 4.74 Å². The van der Waals surface area contributed by atoms with E-state index in [0.29, 0.717) is 12.5 Å². The Morgan fingerprint density at radius 2 is 1.58 bits per heavy atom. The number of ether oxygens (including phenoxy) is 1. The van der Waals surface area contributed by atoms with Crippen molar-refractivity contribution in [2.24, 2.45) is 5.92 Å². The van der Waals surface area contributed by atoms with E-state index in [1.54, 1.807) is 0 Å². The third kappa shape index (κ3) is 5.09. The van der Waals surface area contributed by atoms with Gasteiger partial charge in [0.25, 0.3) is 0 Å². The van der Waals surface area contributed by atoms with Crippen LogP contribution in [0.1, 0.15) is 49.8 Å². The van der Waals surface area contributed by atoms with Gasteiger partial charge in [0.15, 0.2) is 0 Å². The van der Waals surface area contributed by atoms with Crippen LogP contribution in [0.25, 0.3) is 0 Å². The first-order chi connectivity index (χ1) is 12.6. The SMILES string of the molecule is CC(C)COc1ccc([C@H](O)[C@H](CN2CCCC2)c2ccccc2)cc1. The Morgan fingerprint density at radius 1 is 0.923 bits per heavy atom. The predicted molar refractivity (Wildman–Crippen MR) is 107 cm³/mol. The second kappa shape index (κ2) is 9.20. The summed E-state index contributed by atoms with van der Waals surface area (Å²) in [5.74, 6) is 1.45. The number of rotatable bonds is 8. The van der Waals surface area contributed by atoms with E-state index < -0.39 is 6.10 Å². The molecule has 0 radical (unpaired) electrons. The number of likely N-dealkylation sites (tertiary alicyclic amines) is 1. The molecule has 0 aliphatic carbocycles. The van der Waals surface area contributed by atoms with Crippen LogP contribution in [-0.2, 0) is 0 Å². The highest BCUT2D eigenvalue weighted by molar-refractivity contribution is 5.32. The molecule has 0 saturated carbocycles. The number of nitrogens with zero attached hydrogens (tertiary/aromatic N) is 1. The molecule has 1 aliphatic rings. The summed E-state index contributed by atoms with van der Waals surface area (Å²) in [6, 6.07) is 18.3. The van der Waals surface area contributed by atoms with Crippen molar-refractivity contribution in [3.8, 4) is 5.75 Å². The van der Waals surface area contributed by atoms with Crippen LogP contribution in [0.3, 0.4) is 0 Å². The molecule has 0 amide bonds. The minimum atomic E-state index is -0.517. The van der Waals surface area contributed by atoms with Crippen LogP contribution >= 0.6 is 0 Å². The van der Waals surface area contributed by atoms with E-state index in [2.05, 4.69) is 43.0 Å². The van der Waals surface area contributed by atoms with Crippen molar-refractivity contribution in [3.63, 3.8) is 0 Å². The third-order valence-electron chi connectivity index (χ3n) is 5.07. The van der Waals surface area contributed by atoms with Gasteiger partial charge in [-0.25, -0.2) is 0 Å². The van der Waals surface area contributed by atoms with E-state index in [0.717, 1.165) is 30.9 Å². The first-order valence-electron chi connectivity index (χ1n) is 9.81. The Labute approximate surface area is 157 Å². The second-order valence-electron chi connectivity index (χ2n) is 7.74. The molecule has 2 aromatic carbocycles. The van der Waals surface area contributed by atoms with Gasteiger partial charge in [-0.2, -0.15) is 0 Å². The molecular formula is C23H31NO2. The van der Waals surface area contributed by atoms with Gasteiger partial charge < -0.3 is 14.7 Å². The fourth-order valence-electron chi connectivity index (χ4n) is 3.59. The summed E-state index contributed by atoms with van der Waals surface area (Å²) in [5.41, 5.74) is 2.15. The zero-order valence-electron chi connectivity index (χ0n) is 16.0. The van der Waals surface area contributed by atoms with Crippen molar-refractivity contribution >= 4 is 0 Å². The number of aliphatic hydroxyl groups is 1. The van der Waals surface area contributed by atoms with E-state index in [9.17, 15) is 5.11 Å². The van der Waals surface area contributed by atoms with Gasteiger partial charge >= 0.3 is 0 Å². The standard InChI is InChI=1S/C23H31NO2/c1-18(2)17-26-21-12-10-20(11-13-21)23(25)22(16-24-14-6-7-15-24)19-8-4-3-5-9-19/h3-5,8-13,18,22-23,25H,6-7,14-17H2,1-2H3/t22-,23+/m1/s1. The zero-order chi connectivity index (χ0) is 18.4. The summed E-state index contributed by atoms with van der Waals surface area (Å²) in [4.78, 5) is 2.47. The first kappa shape index (κ1) is 18.9. The molecule has 0 unspecified atom stereocenters. The summed E-state index contributed by atoms with van der Waals surface area (Å²) in [6.45, 7) is 8.16. The molecule has 0 spiro atoms. The molecule has 140 valence electrons. The number of hydrogen-bond acceptors (Lipinski definition) is 3. The van der Waals surface area contributed by atoms with Crippen LogP contribution < -0.4 is 4.74 Å². The molecule has 1 saturated heterocycles. The van der Waals surface area contributed by atoms with E-state index in [1.165, 1.54) is 18.4 Å². The van der Waals surface area contributed by atoms with Crippen LogP contribution in [0.15, 0.2) is 54.6 Å². The summed E-state index contributed by atoms with van der Waals surface area (Å²) in [6.07, 6.45) is 2.01. The summed E-state index contributed by atoms with van der Waals surface area (Å²) >= 11 is 0. The van der Waals surface area contributed by atoms with Crippen molar-refractivity contribution in [2.45, 2.75) is 38.7 Å². The third-order valence-corrected chi connectivity index (χ3v) is 5.07. The molecule has 1 N–H and O–H groups in total. The van der Waals surface area contributed by atoms with Crippen LogP contribution in [0.5, 0.6) is 5.75 Å². The molecule has 1 fully saturated rings. The normalized spacial score (nSPS) is 17.4. The lowest BCUT2D eigenvalue weighted by Gasteiger charge is -2.28. The van der Waals surface area contributed by atoms with Gasteiger partial charge in [0, 0.05) is 12.5 Å². The highest BCUT2D eigenvalue weighted by Crippen LogP contribution is 2.33. The van der Waals surface area contributed by atoms with Crippen molar-refractivity contribution < 1.29 is 9.84 Å². The molecule has 2 aromatic rings. The van der Waals surface area contributed by atoms with Gasteiger partial charge in [0.1, 0.15) is 5.75 Å². The summed E-state index contributed by atoms with van der Waals surface area (Å²) in [5, 5.41) is 11.1. The first-order valence-corrected chi connectivity index (χ1v) is 9.81. The van der Waals surface area contributed by atoms with Crippen LogP contribution in [0.4, 0.5) is 0 Å². The minimum Gasteiger partial charge on any atom is -0.493 e.